The van der Waals surface area contributed by atoms with Crippen LogP contribution >= 0.6 is 22.9 Å². The number of amides is 1. The van der Waals surface area contributed by atoms with Crippen molar-refractivity contribution in [3.63, 3.8) is 0 Å². The van der Waals surface area contributed by atoms with Crippen molar-refractivity contribution in [1.82, 2.24) is 14.5 Å². The van der Waals surface area contributed by atoms with Crippen LogP contribution in [0.3, 0.4) is 0 Å². The fraction of sp³-hybridized carbons (Fsp3) is 0.294. The van der Waals surface area contributed by atoms with Crippen LogP contribution in [0.1, 0.15) is 40.3 Å². The number of hydrogen-bond acceptors (Lipinski definition) is 3. The van der Waals surface area contributed by atoms with E-state index in [4.69, 9.17) is 11.6 Å². The Hall–Kier alpha value is -1.85. The fourth-order valence-corrected chi connectivity index (χ4v) is 4.38. The summed E-state index contributed by atoms with van der Waals surface area (Å²) in [6.45, 7) is 2.88. The van der Waals surface area contributed by atoms with E-state index in [2.05, 4.69) is 23.5 Å². The quantitative estimate of drug-likeness (QED) is 0.698. The molecule has 0 N–H and O–H groups in total. The van der Waals surface area contributed by atoms with Gasteiger partial charge < -0.3 is 4.90 Å². The number of carbonyl (C=O) groups excluding carboxylic acids is 1. The van der Waals surface area contributed by atoms with E-state index < -0.39 is 0 Å². The molecule has 0 aromatic carbocycles. The minimum absolute atomic E-state index is 0.00600. The number of fused-ring (bicyclic) bond motifs is 2. The average molecular weight is 346 g/mol. The number of rotatable bonds is 2. The van der Waals surface area contributed by atoms with Gasteiger partial charge in [-0.25, -0.2) is 4.52 Å². The molecular weight excluding hydrogens is 330 g/mol. The number of carbonyl (C=O) groups is 1. The Bertz CT molecular complexity index is 885. The molecule has 0 bridgehead atoms. The summed E-state index contributed by atoms with van der Waals surface area (Å²) in [6.07, 6.45) is 3.56. The van der Waals surface area contributed by atoms with E-state index in [0.717, 1.165) is 24.9 Å². The third-order valence-corrected chi connectivity index (χ3v) is 5.61. The molecule has 4 rings (SSSR count). The number of nitrogens with zero attached hydrogens (tertiary/aromatic N) is 3. The lowest BCUT2D eigenvalue weighted by molar-refractivity contribution is 0.0651. The first-order valence-corrected chi connectivity index (χ1v) is 8.95. The van der Waals surface area contributed by atoms with Crippen molar-refractivity contribution in [2.75, 3.05) is 6.54 Å². The highest BCUT2D eigenvalue weighted by atomic mass is 35.5. The van der Waals surface area contributed by atoms with Crippen LogP contribution in [0.25, 0.3) is 5.52 Å². The molecule has 1 atom stereocenters. The van der Waals surface area contributed by atoms with E-state index in [1.54, 1.807) is 28.1 Å². The maximum absolute atomic E-state index is 13.0. The molecule has 0 saturated carbocycles. The Balaban J connectivity index is 1.70. The minimum Gasteiger partial charge on any atom is -0.330 e. The summed E-state index contributed by atoms with van der Waals surface area (Å²) in [7, 11) is 0. The van der Waals surface area contributed by atoms with Crippen LogP contribution in [0.4, 0.5) is 0 Å². The molecule has 0 spiro atoms. The highest BCUT2D eigenvalue weighted by Crippen LogP contribution is 2.35. The first-order chi connectivity index (χ1) is 11.2. The monoisotopic (exact) mass is 345 g/mol. The Morgan fingerprint density at radius 2 is 2.30 bits per heavy atom. The van der Waals surface area contributed by atoms with Crippen LogP contribution in [0, 0.1) is 0 Å². The summed E-state index contributed by atoms with van der Waals surface area (Å²) in [5, 5.41) is 7.13. The van der Waals surface area contributed by atoms with Crippen molar-refractivity contribution in [2.24, 2.45) is 0 Å². The highest BCUT2D eigenvalue weighted by molar-refractivity contribution is 7.10. The smallest absolute Gasteiger partial charge is 0.274 e. The van der Waals surface area contributed by atoms with Gasteiger partial charge in [0.05, 0.1) is 16.6 Å². The van der Waals surface area contributed by atoms with Gasteiger partial charge in [-0.15, -0.1) is 11.3 Å². The van der Waals surface area contributed by atoms with Crippen molar-refractivity contribution >= 4 is 34.4 Å². The predicted molar refractivity (Wildman–Crippen MR) is 92.3 cm³/mol. The van der Waals surface area contributed by atoms with Crippen molar-refractivity contribution in [2.45, 2.75) is 25.8 Å². The standard InChI is InChI=1S/C17H16ClN3OS/c1-2-15-13-6-8-23-16(13)5-7-20(15)17(22)14-9-12-4-3-11(18)10-21(12)19-14/h3-4,6,8-10,15H,2,5,7H2,1H3. The third-order valence-electron chi connectivity index (χ3n) is 4.39. The van der Waals surface area contributed by atoms with Gasteiger partial charge in [-0.3, -0.25) is 4.79 Å². The SMILES string of the molecule is CCC1c2ccsc2CCN1C(=O)c1cc2ccc(Cl)cn2n1. The number of halogens is 1. The number of pyridine rings is 1. The molecule has 0 aliphatic carbocycles. The zero-order chi connectivity index (χ0) is 16.0. The van der Waals surface area contributed by atoms with Gasteiger partial charge in [-0.05, 0) is 48.1 Å². The largest absolute Gasteiger partial charge is 0.330 e. The van der Waals surface area contributed by atoms with E-state index in [1.807, 2.05) is 17.0 Å². The maximum Gasteiger partial charge on any atom is 0.274 e. The van der Waals surface area contributed by atoms with E-state index >= 15 is 0 Å². The molecule has 0 radical (unpaired) electrons. The average Bonchev–Trinajstić information content (AvgIpc) is 3.18. The molecule has 1 amide bonds. The van der Waals surface area contributed by atoms with Gasteiger partial charge in [0.25, 0.3) is 5.91 Å². The zero-order valence-electron chi connectivity index (χ0n) is 12.7. The van der Waals surface area contributed by atoms with Crippen molar-refractivity contribution in [3.8, 4) is 0 Å². The third kappa shape index (κ3) is 2.44. The zero-order valence-corrected chi connectivity index (χ0v) is 14.3. The summed E-state index contributed by atoms with van der Waals surface area (Å²) >= 11 is 7.78. The minimum atomic E-state index is -0.00600. The van der Waals surface area contributed by atoms with Crippen molar-refractivity contribution in [1.29, 1.82) is 0 Å². The van der Waals surface area contributed by atoms with Crippen LogP contribution in [0.2, 0.25) is 5.02 Å². The number of hydrogen-bond donors (Lipinski definition) is 0. The summed E-state index contributed by atoms with van der Waals surface area (Å²) in [4.78, 5) is 16.3. The van der Waals surface area contributed by atoms with Crippen LogP contribution in [0.15, 0.2) is 35.8 Å². The second-order valence-electron chi connectivity index (χ2n) is 5.72. The van der Waals surface area contributed by atoms with Gasteiger partial charge in [-0.1, -0.05) is 18.5 Å². The Kier molecular flexibility index (Phi) is 3.62. The van der Waals surface area contributed by atoms with E-state index in [9.17, 15) is 4.79 Å². The Labute approximate surface area is 143 Å². The molecule has 1 aliphatic heterocycles. The summed E-state index contributed by atoms with van der Waals surface area (Å²) in [5.41, 5.74) is 2.65. The lowest BCUT2D eigenvalue weighted by atomic mass is 9.97. The number of thiophene rings is 1. The first kappa shape index (κ1) is 14.7. The van der Waals surface area contributed by atoms with Gasteiger partial charge in [-0.2, -0.15) is 5.10 Å². The first-order valence-electron chi connectivity index (χ1n) is 7.69. The van der Waals surface area contributed by atoms with E-state index in [-0.39, 0.29) is 11.9 Å². The second-order valence-corrected chi connectivity index (χ2v) is 7.16. The van der Waals surface area contributed by atoms with Crippen LogP contribution < -0.4 is 0 Å². The van der Waals surface area contributed by atoms with Gasteiger partial charge in [0.2, 0.25) is 0 Å². The normalized spacial score (nSPS) is 17.5. The van der Waals surface area contributed by atoms with Gasteiger partial charge in [0.15, 0.2) is 5.69 Å². The molecule has 23 heavy (non-hydrogen) atoms. The molecule has 0 fully saturated rings. The summed E-state index contributed by atoms with van der Waals surface area (Å²) in [6, 6.07) is 7.80. The molecule has 4 nitrogen and oxygen atoms in total. The lowest BCUT2D eigenvalue weighted by Crippen LogP contribution is -2.39. The highest BCUT2D eigenvalue weighted by Gasteiger charge is 2.31. The number of aromatic nitrogens is 2. The predicted octanol–water partition coefficient (Wildman–Crippen LogP) is 4.20. The van der Waals surface area contributed by atoms with Gasteiger partial charge in [0.1, 0.15) is 0 Å². The summed E-state index contributed by atoms with van der Waals surface area (Å²) in [5.74, 6) is -0.00600. The molecule has 1 aliphatic rings. The summed E-state index contributed by atoms with van der Waals surface area (Å²) < 4.78 is 1.66. The second kappa shape index (κ2) is 5.65. The molecule has 6 heteroatoms. The van der Waals surface area contributed by atoms with Crippen LogP contribution in [0.5, 0.6) is 0 Å². The molecule has 4 heterocycles. The molecule has 0 saturated heterocycles. The molecular formula is C17H16ClN3OS. The molecule has 1 unspecified atom stereocenters. The van der Waals surface area contributed by atoms with E-state index in [1.165, 1.54) is 10.4 Å². The fourth-order valence-electron chi connectivity index (χ4n) is 3.29. The molecule has 3 aromatic heterocycles. The topological polar surface area (TPSA) is 37.6 Å². The molecule has 118 valence electrons. The van der Waals surface area contributed by atoms with Gasteiger partial charge >= 0.3 is 0 Å². The van der Waals surface area contributed by atoms with Crippen LogP contribution in [-0.2, 0) is 6.42 Å². The Morgan fingerprint density at radius 3 is 3.13 bits per heavy atom. The van der Waals surface area contributed by atoms with E-state index in [0.29, 0.717) is 10.7 Å². The van der Waals surface area contributed by atoms with Gasteiger partial charge in [0, 0.05) is 17.6 Å². The van der Waals surface area contributed by atoms with Crippen molar-refractivity contribution < 1.29 is 4.79 Å². The Morgan fingerprint density at radius 1 is 1.43 bits per heavy atom. The lowest BCUT2D eigenvalue weighted by Gasteiger charge is -2.35. The van der Waals surface area contributed by atoms with Crippen molar-refractivity contribution in [3.05, 3.63) is 57.0 Å². The van der Waals surface area contributed by atoms with Crippen LogP contribution in [-0.4, -0.2) is 27.0 Å². The molecule has 3 aromatic rings. The maximum atomic E-state index is 13.0.